The molecule has 0 saturated carbocycles. The molecule has 31 heavy (non-hydrogen) atoms. The Hall–Kier alpha value is -4.10. The molecule has 1 N–H and O–H groups in total. The summed E-state index contributed by atoms with van der Waals surface area (Å²) in [5, 5.41) is 14.1. The van der Waals surface area contributed by atoms with Crippen LogP contribution in [0.3, 0.4) is 0 Å². The molecule has 3 aromatic carbocycles. The summed E-state index contributed by atoms with van der Waals surface area (Å²) in [7, 11) is 0. The predicted octanol–water partition coefficient (Wildman–Crippen LogP) is 6.01. The molecule has 0 amide bonds. The van der Waals surface area contributed by atoms with Crippen LogP contribution in [-0.2, 0) is 0 Å². The number of rotatable bonds is 6. The number of halogens is 1. The van der Waals surface area contributed by atoms with Gasteiger partial charge in [-0.2, -0.15) is 15.0 Å². The van der Waals surface area contributed by atoms with Crippen molar-refractivity contribution < 1.29 is 4.92 Å². The molecule has 0 fully saturated rings. The summed E-state index contributed by atoms with van der Waals surface area (Å²) in [6, 6.07) is 23.5. The third-order valence-electron chi connectivity index (χ3n) is 4.41. The van der Waals surface area contributed by atoms with Crippen molar-refractivity contribution in [3.05, 3.63) is 105 Å². The van der Waals surface area contributed by atoms with Gasteiger partial charge in [-0.3, -0.25) is 10.1 Å². The van der Waals surface area contributed by atoms with E-state index in [1.165, 1.54) is 12.1 Å². The van der Waals surface area contributed by atoms with Gasteiger partial charge in [0.15, 0.2) is 5.82 Å². The topological polar surface area (TPSA) is 93.8 Å². The summed E-state index contributed by atoms with van der Waals surface area (Å²) in [5.41, 5.74) is 3.40. The Bertz CT molecular complexity index is 1240. The fourth-order valence-corrected chi connectivity index (χ4v) is 3.05. The highest BCUT2D eigenvalue weighted by atomic mass is 35.5. The summed E-state index contributed by atoms with van der Waals surface area (Å²) in [5.74, 6) is 0.803. The maximum absolute atomic E-state index is 10.8. The molecule has 1 heterocycles. The van der Waals surface area contributed by atoms with Crippen molar-refractivity contribution in [1.29, 1.82) is 0 Å². The Morgan fingerprint density at radius 3 is 2.29 bits per heavy atom. The molecular formula is C23H16ClN5O2. The number of aromatic nitrogens is 3. The van der Waals surface area contributed by atoms with E-state index >= 15 is 0 Å². The maximum atomic E-state index is 10.8. The van der Waals surface area contributed by atoms with Crippen LogP contribution >= 0.6 is 11.6 Å². The second-order valence-corrected chi connectivity index (χ2v) is 6.85. The molecule has 0 aliphatic carbocycles. The monoisotopic (exact) mass is 429 g/mol. The smallest absolute Gasteiger partial charge is 0.269 e. The van der Waals surface area contributed by atoms with E-state index in [-0.39, 0.29) is 11.0 Å². The highest BCUT2D eigenvalue weighted by molar-refractivity contribution is 6.28. The molecule has 0 aliphatic heterocycles. The van der Waals surface area contributed by atoms with Crippen LogP contribution in [0.25, 0.3) is 23.5 Å². The minimum absolute atomic E-state index is 0.0557. The average Bonchev–Trinajstić information content (AvgIpc) is 2.79. The molecule has 0 unspecified atom stereocenters. The van der Waals surface area contributed by atoms with Gasteiger partial charge < -0.3 is 5.32 Å². The van der Waals surface area contributed by atoms with Gasteiger partial charge in [0, 0.05) is 23.4 Å². The number of nitrogens with one attached hydrogen (secondary N) is 1. The zero-order valence-electron chi connectivity index (χ0n) is 16.1. The van der Waals surface area contributed by atoms with E-state index in [0.717, 1.165) is 22.4 Å². The van der Waals surface area contributed by atoms with E-state index in [1.54, 1.807) is 12.1 Å². The zero-order valence-corrected chi connectivity index (χ0v) is 16.9. The lowest BCUT2D eigenvalue weighted by molar-refractivity contribution is -0.384. The summed E-state index contributed by atoms with van der Waals surface area (Å²) in [6.07, 6.45) is 3.78. The summed E-state index contributed by atoms with van der Waals surface area (Å²) >= 11 is 6.12. The van der Waals surface area contributed by atoms with Gasteiger partial charge >= 0.3 is 0 Å². The molecule has 0 bridgehead atoms. The number of para-hydroxylation sites is 1. The maximum Gasteiger partial charge on any atom is 0.269 e. The zero-order chi connectivity index (χ0) is 21.6. The minimum atomic E-state index is -0.420. The number of non-ortho nitro benzene ring substituents is 1. The molecule has 4 rings (SSSR count). The molecular weight excluding hydrogens is 414 g/mol. The van der Waals surface area contributed by atoms with Crippen molar-refractivity contribution in [2.45, 2.75) is 0 Å². The van der Waals surface area contributed by atoms with Crippen LogP contribution in [0.2, 0.25) is 5.28 Å². The first-order chi connectivity index (χ1) is 15.1. The molecule has 0 saturated heterocycles. The van der Waals surface area contributed by atoms with E-state index in [0.29, 0.717) is 11.8 Å². The average molecular weight is 430 g/mol. The number of nitro benzene ring substituents is 1. The van der Waals surface area contributed by atoms with Gasteiger partial charge in [-0.25, -0.2) is 0 Å². The van der Waals surface area contributed by atoms with Crippen LogP contribution in [0.4, 0.5) is 17.3 Å². The van der Waals surface area contributed by atoms with Crippen LogP contribution in [0.5, 0.6) is 0 Å². The lowest BCUT2D eigenvalue weighted by Gasteiger charge is -2.09. The van der Waals surface area contributed by atoms with Crippen molar-refractivity contribution in [2.75, 3.05) is 5.32 Å². The van der Waals surface area contributed by atoms with Gasteiger partial charge in [0.2, 0.25) is 11.2 Å². The van der Waals surface area contributed by atoms with Gasteiger partial charge in [0.1, 0.15) is 0 Å². The lowest BCUT2D eigenvalue weighted by Crippen LogP contribution is -2.02. The van der Waals surface area contributed by atoms with Gasteiger partial charge in [0.05, 0.1) is 4.92 Å². The number of hydrogen-bond acceptors (Lipinski definition) is 6. The van der Waals surface area contributed by atoms with Gasteiger partial charge in [0.25, 0.3) is 5.69 Å². The summed E-state index contributed by atoms with van der Waals surface area (Å²) in [6.45, 7) is 0. The van der Waals surface area contributed by atoms with E-state index in [4.69, 9.17) is 11.6 Å². The number of hydrogen-bond donors (Lipinski definition) is 1. The molecule has 7 nitrogen and oxygen atoms in total. The molecule has 1 aromatic heterocycles. The van der Waals surface area contributed by atoms with Crippen LogP contribution in [0.1, 0.15) is 11.1 Å². The normalized spacial score (nSPS) is 10.9. The third kappa shape index (κ3) is 5.09. The van der Waals surface area contributed by atoms with Gasteiger partial charge in [-0.1, -0.05) is 60.7 Å². The summed E-state index contributed by atoms with van der Waals surface area (Å²) < 4.78 is 0. The molecule has 0 atom stereocenters. The second-order valence-electron chi connectivity index (χ2n) is 6.51. The standard InChI is InChI=1S/C23H16ClN5O2/c24-22-26-21(18-7-2-1-3-8-18)27-23(28-22)25-20-9-5-4-6-17(20)13-10-16-11-14-19(15-12-16)29(30)31/h1-15H,(H,25,26,27,28). The quantitative estimate of drug-likeness (QED) is 0.229. The van der Waals surface area contributed by atoms with E-state index in [2.05, 4.69) is 20.3 Å². The SMILES string of the molecule is O=[N+]([O-])c1ccc(C=Cc2ccccc2Nc2nc(Cl)nc(-c3ccccc3)n2)cc1. The fraction of sp³-hybridized carbons (Fsp3) is 0. The Morgan fingerprint density at radius 1 is 0.839 bits per heavy atom. The van der Waals surface area contributed by atoms with Crippen LogP contribution in [0.15, 0.2) is 78.9 Å². The van der Waals surface area contributed by atoms with Gasteiger partial charge in [-0.05, 0) is 40.9 Å². The highest BCUT2D eigenvalue weighted by Gasteiger charge is 2.09. The molecule has 0 aliphatic rings. The number of anilines is 2. The first-order valence-corrected chi connectivity index (χ1v) is 9.72. The Balaban J connectivity index is 1.59. The molecule has 8 heteroatoms. The summed E-state index contributed by atoms with van der Waals surface area (Å²) in [4.78, 5) is 23.2. The molecule has 152 valence electrons. The number of nitro groups is 1. The lowest BCUT2D eigenvalue weighted by atomic mass is 10.1. The van der Waals surface area contributed by atoms with Crippen molar-refractivity contribution in [1.82, 2.24) is 15.0 Å². The minimum Gasteiger partial charge on any atom is -0.323 e. The number of benzene rings is 3. The van der Waals surface area contributed by atoms with Crippen molar-refractivity contribution in [3.63, 3.8) is 0 Å². The second kappa shape index (κ2) is 9.15. The van der Waals surface area contributed by atoms with Crippen LogP contribution < -0.4 is 5.32 Å². The largest absolute Gasteiger partial charge is 0.323 e. The van der Waals surface area contributed by atoms with E-state index in [1.807, 2.05) is 66.7 Å². The first kappa shape index (κ1) is 20.2. The Labute approximate surface area is 183 Å². The molecule has 4 aromatic rings. The predicted molar refractivity (Wildman–Crippen MR) is 122 cm³/mol. The van der Waals surface area contributed by atoms with Crippen molar-refractivity contribution in [2.24, 2.45) is 0 Å². The molecule has 0 radical (unpaired) electrons. The van der Waals surface area contributed by atoms with Crippen molar-refractivity contribution >= 4 is 41.1 Å². The Morgan fingerprint density at radius 2 is 1.55 bits per heavy atom. The van der Waals surface area contributed by atoms with Crippen LogP contribution in [0, 0.1) is 10.1 Å². The van der Waals surface area contributed by atoms with Gasteiger partial charge in [-0.15, -0.1) is 0 Å². The fourth-order valence-electron chi connectivity index (χ4n) is 2.89. The van der Waals surface area contributed by atoms with Crippen LogP contribution in [-0.4, -0.2) is 19.9 Å². The number of nitrogens with zero attached hydrogens (tertiary/aromatic N) is 4. The molecule has 0 spiro atoms. The third-order valence-corrected chi connectivity index (χ3v) is 4.58. The van der Waals surface area contributed by atoms with E-state index < -0.39 is 4.92 Å². The Kier molecular flexibility index (Phi) is 5.96. The first-order valence-electron chi connectivity index (χ1n) is 9.34. The highest BCUT2D eigenvalue weighted by Crippen LogP contribution is 2.24. The van der Waals surface area contributed by atoms with E-state index in [9.17, 15) is 10.1 Å². The van der Waals surface area contributed by atoms with Crippen molar-refractivity contribution in [3.8, 4) is 11.4 Å².